The Morgan fingerprint density at radius 2 is 1.82 bits per heavy atom. The molecule has 1 aromatic rings. The van der Waals surface area contributed by atoms with Crippen molar-refractivity contribution in [3.8, 4) is 0 Å². The van der Waals surface area contributed by atoms with Crippen LogP contribution in [0.1, 0.15) is 49.0 Å². The monoisotopic (exact) mass is 253 g/mol. The van der Waals surface area contributed by atoms with Crippen molar-refractivity contribution in [3.05, 3.63) is 35.4 Å². The number of rotatable bonds is 5. The second-order valence-electron chi connectivity index (χ2n) is 4.60. The number of benzene rings is 1. The van der Waals surface area contributed by atoms with Crippen molar-refractivity contribution in [3.63, 3.8) is 0 Å². The minimum absolute atomic E-state index is 0.0300. The van der Waals surface area contributed by atoms with Crippen LogP contribution in [0.3, 0.4) is 0 Å². The maximum absolute atomic E-state index is 11.8. The highest BCUT2D eigenvalue weighted by atomic mass is 35.5. The first-order valence-electron chi connectivity index (χ1n) is 6.03. The van der Waals surface area contributed by atoms with Crippen LogP contribution in [0.4, 0.5) is 0 Å². The van der Waals surface area contributed by atoms with Crippen molar-refractivity contribution >= 4 is 17.5 Å². The van der Waals surface area contributed by atoms with Gasteiger partial charge in [0.25, 0.3) is 5.91 Å². The van der Waals surface area contributed by atoms with Gasteiger partial charge < -0.3 is 5.32 Å². The van der Waals surface area contributed by atoms with Crippen LogP contribution in [0.2, 0.25) is 0 Å². The van der Waals surface area contributed by atoms with E-state index >= 15 is 0 Å². The molecule has 0 saturated heterocycles. The van der Waals surface area contributed by atoms with Gasteiger partial charge in [0.2, 0.25) is 0 Å². The maximum Gasteiger partial charge on any atom is 0.251 e. The Morgan fingerprint density at radius 1 is 1.24 bits per heavy atom. The van der Waals surface area contributed by atoms with Crippen molar-refractivity contribution in [2.75, 3.05) is 6.54 Å². The molecule has 1 N–H and O–H groups in total. The molecule has 0 spiro atoms. The topological polar surface area (TPSA) is 29.1 Å². The summed E-state index contributed by atoms with van der Waals surface area (Å²) in [6.45, 7) is 6.81. The molecular weight excluding hydrogens is 234 g/mol. The molecule has 1 amide bonds. The molecule has 0 aliphatic heterocycles. The number of halogens is 1. The Kier molecular flexibility index (Phi) is 5.49. The predicted molar refractivity (Wildman–Crippen MR) is 72.8 cm³/mol. The van der Waals surface area contributed by atoms with Crippen LogP contribution in [0.25, 0.3) is 0 Å². The van der Waals surface area contributed by atoms with E-state index in [-0.39, 0.29) is 11.3 Å². The molecule has 0 bridgehead atoms. The first-order chi connectivity index (χ1) is 8.00. The molecule has 1 rings (SSSR count). The summed E-state index contributed by atoms with van der Waals surface area (Å²) in [5.41, 5.74) is 1.95. The van der Waals surface area contributed by atoms with E-state index in [2.05, 4.69) is 19.2 Å². The lowest BCUT2D eigenvalue weighted by atomic mass is 10.0. The van der Waals surface area contributed by atoms with Gasteiger partial charge in [0.15, 0.2) is 0 Å². The molecule has 0 aromatic heterocycles. The first kappa shape index (κ1) is 14.0. The Labute approximate surface area is 108 Å². The summed E-state index contributed by atoms with van der Waals surface area (Å²) < 4.78 is 0. The average Bonchev–Trinajstić information content (AvgIpc) is 2.28. The highest BCUT2D eigenvalue weighted by Gasteiger charge is 2.06. The summed E-state index contributed by atoms with van der Waals surface area (Å²) in [5, 5.41) is 2.95. The number of alkyl halides is 1. The van der Waals surface area contributed by atoms with Gasteiger partial charge in [-0.3, -0.25) is 4.79 Å². The number of nitrogens with one attached hydrogen (secondary N) is 1. The van der Waals surface area contributed by atoms with Gasteiger partial charge >= 0.3 is 0 Å². The van der Waals surface area contributed by atoms with E-state index in [0.717, 1.165) is 6.42 Å². The predicted octanol–water partition coefficient (Wildman–Crippen LogP) is 3.56. The normalized spacial score (nSPS) is 12.5. The lowest BCUT2D eigenvalue weighted by molar-refractivity contribution is 0.0953. The first-order valence-corrected chi connectivity index (χ1v) is 6.46. The Morgan fingerprint density at radius 3 is 2.29 bits per heavy atom. The lowest BCUT2D eigenvalue weighted by Gasteiger charge is -2.08. The van der Waals surface area contributed by atoms with Crippen molar-refractivity contribution in [1.82, 2.24) is 5.32 Å². The van der Waals surface area contributed by atoms with Crippen LogP contribution in [-0.2, 0) is 0 Å². The van der Waals surface area contributed by atoms with Gasteiger partial charge in [0.05, 0.1) is 0 Å². The molecule has 1 unspecified atom stereocenters. The molecule has 1 atom stereocenters. The van der Waals surface area contributed by atoms with Gasteiger partial charge in [-0.15, -0.1) is 11.6 Å². The number of carbonyl (C=O) groups is 1. The van der Waals surface area contributed by atoms with Crippen molar-refractivity contribution in [1.29, 1.82) is 0 Å². The minimum atomic E-state index is -0.0300. The Hall–Kier alpha value is -1.02. The molecule has 3 heteroatoms. The van der Waals surface area contributed by atoms with E-state index in [1.807, 2.05) is 31.2 Å². The summed E-state index contributed by atoms with van der Waals surface area (Å²) in [6.07, 6.45) is 0.789. The third-order valence-electron chi connectivity index (χ3n) is 2.67. The van der Waals surface area contributed by atoms with Crippen LogP contribution in [-0.4, -0.2) is 17.8 Å². The smallest absolute Gasteiger partial charge is 0.251 e. The van der Waals surface area contributed by atoms with Crippen molar-refractivity contribution in [2.24, 2.45) is 0 Å². The van der Waals surface area contributed by atoms with Crippen LogP contribution < -0.4 is 5.32 Å². The number of hydrogen-bond acceptors (Lipinski definition) is 1. The van der Waals surface area contributed by atoms with E-state index in [1.165, 1.54) is 5.56 Å². The number of hydrogen-bond donors (Lipinski definition) is 1. The Balaban J connectivity index is 2.52. The molecule has 0 heterocycles. The van der Waals surface area contributed by atoms with E-state index in [1.54, 1.807) is 0 Å². The third kappa shape index (κ3) is 4.78. The summed E-state index contributed by atoms with van der Waals surface area (Å²) in [7, 11) is 0. The fraction of sp³-hybridized carbons (Fsp3) is 0.500. The summed E-state index contributed by atoms with van der Waals surface area (Å²) in [5.74, 6) is 0.460. The van der Waals surface area contributed by atoms with E-state index in [0.29, 0.717) is 18.0 Å². The highest BCUT2D eigenvalue weighted by Crippen LogP contribution is 2.14. The third-order valence-corrected chi connectivity index (χ3v) is 2.89. The molecule has 0 fully saturated rings. The number of carbonyl (C=O) groups excluding carboxylic acids is 1. The average molecular weight is 254 g/mol. The van der Waals surface area contributed by atoms with Gasteiger partial charge in [0.1, 0.15) is 0 Å². The zero-order valence-corrected chi connectivity index (χ0v) is 11.4. The summed E-state index contributed by atoms with van der Waals surface area (Å²) in [6, 6.07) is 7.75. The van der Waals surface area contributed by atoms with Gasteiger partial charge in [-0.1, -0.05) is 26.0 Å². The maximum atomic E-state index is 11.8. The summed E-state index contributed by atoms with van der Waals surface area (Å²) >= 11 is 5.81. The highest BCUT2D eigenvalue weighted by molar-refractivity contribution is 6.20. The number of amides is 1. The SMILES string of the molecule is CC(Cl)CCNC(=O)c1ccc(C(C)C)cc1. The van der Waals surface area contributed by atoms with Gasteiger partial charge in [-0.2, -0.15) is 0 Å². The van der Waals surface area contributed by atoms with E-state index in [4.69, 9.17) is 11.6 Å². The summed E-state index contributed by atoms with van der Waals surface area (Å²) in [4.78, 5) is 11.8. The molecule has 0 radical (unpaired) electrons. The second kappa shape index (κ2) is 6.65. The quantitative estimate of drug-likeness (QED) is 0.799. The van der Waals surface area contributed by atoms with E-state index < -0.39 is 0 Å². The van der Waals surface area contributed by atoms with Gasteiger partial charge in [0, 0.05) is 17.5 Å². The van der Waals surface area contributed by atoms with Crippen LogP contribution >= 0.6 is 11.6 Å². The second-order valence-corrected chi connectivity index (χ2v) is 5.35. The zero-order valence-electron chi connectivity index (χ0n) is 10.7. The molecule has 94 valence electrons. The van der Waals surface area contributed by atoms with Crippen molar-refractivity contribution < 1.29 is 4.79 Å². The molecule has 0 aliphatic rings. The van der Waals surface area contributed by atoms with Crippen molar-refractivity contribution in [2.45, 2.75) is 38.5 Å². The molecule has 1 aromatic carbocycles. The fourth-order valence-corrected chi connectivity index (χ4v) is 1.62. The van der Waals surface area contributed by atoms with Crippen LogP contribution in [0.5, 0.6) is 0 Å². The molecule has 17 heavy (non-hydrogen) atoms. The molecular formula is C14H20ClNO. The minimum Gasteiger partial charge on any atom is -0.352 e. The molecule has 0 aliphatic carbocycles. The molecule has 0 saturated carbocycles. The van der Waals surface area contributed by atoms with Gasteiger partial charge in [-0.05, 0) is 37.0 Å². The van der Waals surface area contributed by atoms with E-state index in [9.17, 15) is 4.79 Å². The van der Waals surface area contributed by atoms with Gasteiger partial charge in [-0.25, -0.2) is 0 Å². The Bertz CT molecular complexity index is 357. The fourth-order valence-electron chi connectivity index (χ4n) is 1.51. The molecule has 2 nitrogen and oxygen atoms in total. The standard InChI is InChI=1S/C14H20ClNO/c1-10(2)12-4-6-13(7-5-12)14(17)16-9-8-11(3)15/h4-7,10-11H,8-9H2,1-3H3,(H,16,17). The van der Waals surface area contributed by atoms with Crippen LogP contribution in [0, 0.1) is 0 Å². The largest absolute Gasteiger partial charge is 0.352 e. The van der Waals surface area contributed by atoms with Crippen LogP contribution in [0.15, 0.2) is 24.3 Å². The lowest BCUT2D eigenvalue weighted by Crippen LogP contribution is -2.25. The zero-order chi connectivity index (χ0) is 12.8.